The standard InChI is InChI=1S/C23H29ClO2/c1-4-22-14-20(24)21-17-9-7-6-8-16(17)10-11-18(21)19(22)12-13-23(22,5-2)26-15(3)25/h2,8,12-13,17-21H,4,6-7,9-11,14H2,1,3H3/t17-,18-,19-,20-,21+,22-,23-/m0/s1. The minimum atomic E-state index is -0.945. The molecule has 7 atom stereocenters. The molecule has 0 N–H and O–H groups in total. The SMILES string of the molecule is C#C[C@]1(OC(C)=O)C=C[C@H]2[C@@H]3CCC4=CCCC[C@@H]4[C@H]3[C@@H](Cl)C[C@@]21CC. The number of alkyl halides is 1. The third-order valence-electron chi connectivity index (χ3n) is 7.83. The number of carbonyl (C=O) groups excluding carboxylic acids is 1. The van der Waals surface area contributed by atoms with E-state index < -0.39 is 5.60 Å². The Kier molecular flexibility index (Phi) is 4.51. The van der Waals surface area contributed by atoms with Gasteiger partial charge in [-0.3, -0.25) is 4.79 Å². The Bertz CT molecular complexity index is 701. The Hall–Kier alpha value is -1.20. The lowest BCUT2D eigenvalue weighted by molar-refractivity contribution is -0.165. The molecule has 0 amide bonds. The fourth-order valence-corrected chi connectivity index (χ4v) is 7.48. The van der Waals surface area contributed by atoms with Crippen molar-refractivity contribution in [1.29, 1.82) is 0 Å². The van der Waals surface area contributed by atoms with Crippen LogP contribution in [0.25, 0.3) is 0 Å². The molecular formula is C23H29ClO2. The van der Waals surface area contributed by atoms with Crippen molar-refractivity contribution in [2.75, 3.05) is 0 Å². The van der Waals surface area contributed by atoms with E-state index in [2.05, 4.69) is 25.0 Å². The second-order valence-electron chi connectivity index (χ2n) is 8.68. The first-order valence-corrected chi connectivity index (χ1v) is 10.6. The van der Waals surface area contributed by atoms with Crippen LogP contribution in [0.5, 0.6) is 0 Å². The molecule has 0 saturated heterocycles. The molecule has 0 bridgehead atoms. The topological polar surface area (TPSA) is 26.3 Å². The minimum absolute atomic E-state index is 0.0891. The first-order valence-electron chi connectivity index (χ1n) is 10.2. The van der Waals surface area contributed by atoms with Crippen molar-refractivity contribution < 1.29 is 9.53 Å². The third-order valence-corrected chi connectivity index (χ3v) is 8.28. The lowest BCUT2D eigenvalue weighted by Gasteiger charge is -2.58. The molecule has 140 valence electrons. The maximum Gasteiger partial charge on any atom is 0.304 e. The molecule has 0 unspecified atom stereocenters. The van der Waals surface area contributed by atoms with Crippen LogP contribution in [-0.4, -0.2) is 16.9 Å². The molecule has 2 saturated carbocycles. The van der Waals surface area contributed by atoms with Crippen LogP contribution in [0.2, 0.25) is 0 Å². The molecule has 4 aliphatic carbocycles. The lowest BCUT2D eigenvalue weighted by atomic mass is 9.49. The minimum Gasteiger partial charge on any atom is -0.442 e. The van der Waals surface area contributed by atoms with Gasteiger partial charge >= 0.3 is 5.97 Å². The van der Waals surface area contributed by atoms with E-state index in [1.165, 1.54) is 39.0 Å². The van der Waals surface area contributed by atoms with Crippen molar-refractivity contribution in [1.82, 2.24) is 0 Å². The molecule has 4 aliphatic rings. The molecule has 0 aromatic rings. The number of terminal acetylenes is 1. The number of hydrogen-bond acceptors (Lipinski definition) is 2. The van der Waals surface area contributed by atoms with Crippen LogP contribution in [0.1, 0.15) is 58.8 Å². The number of allylic oxidation sites excluding steroid dienone is 3. The molecule has 26 heavy (non-hydrogen) atoms. The number of fused-ring (bicyclic) bond motifs is 5. The van der Waals surface area contributed by atoms with Crippen molar-refractivity contribution in [3.63, 3.8) is 0 Å². The van der Waals surface area contributed by atoms with E-state index in [-0.39, 0.29) is 16.8 Å². The Morgan fingerprint density at radius 3 is 2.96 bits per heavy atom. The maximum atomic E-state index is 11.9. The van der Waals surface area contributed by atoms with Gasteiger partial charge in [-0.25, -0.2) is 0 Å². The van der Waals surface area contributed by atoms with E-state index in [4.69, 9.17) is 22.8 Å². The van der Waals surface area contributed by atoms with Crippen LogP contribution in [0, 0.1) is 41.4 Å². The zero-order valence-electron chi connectivity index (χ0n) is 15.8. The number of hydrogen-bond donors (Lipinski definition) is 0. The highest BCUT2D eigenvalue weighted by molar-refractivity contribution is 6.21. The fraction of sp³-hybridized carbons (Fsp3) is 0.696. The molecule has 0 aromatic heterocycles. The van der Waals surface area contributed by atoms with Crippen LogP contribution in [0.15, 0.2) is 23.8 Å². The predicted molar refractivity (Wildman–Crippen MR) is 105 cm³/mol. The highest BCUT2D eigenvalue weighted by Gasteiger charge is 2.65. The van der Waals surface area contributed by atoms with Gasteiger partial charge in [0.1, 0.15) is 0 Å². The van der Waals surface area contributed by atoms with Gasteiger partial charge in [-0.05, 0) is 74.7 Å². The quantitative estimate of drug-likeness (QED) is 0.286. The van der Waals surface area contributed by atoms with Gasteiger partial charge in [0.15, 0.2) is 5.60 Å². The van der Waals surface area contributed by atoms with Gasteiger partial charge in [-0.15, -0.1) is 18.0 Å². The van der Waals surface area contributed by atoms with Crippen LogP contribution in [-0.2, 0) is 9.53 Å². The van der Waals surface area contributed by atoms with Crippen molar-refractivity contribution in [3.8, 4) is 12.3 Å². The first kappa shape index (κ1) is 18.2. The summed E-state index contributed by atoms with van der Waals surface area (Å²) in [6, 6.07) is 0. The van der Waals surface area contributed by atoms with E-state index in [0.717, 1.165) is 12.8 Å². The average molecular weight is 373 g/mol. The van der Waals surface area contributed by atoms with Gasteiger partial charge in [0, 0.05) is 17.7 Å². The van der Waals surface area contributed by atoms with Gasteiger partial charge in [0.05, 0.1) is 0 Å². The van der Waals surface area contributed by atoms with Gasteiger partial charge in [0.25, 0.3) is 0 Å². The summed E-state index contributed by atoms with van der Waals surface area (Å²) in [5, 5.41) is 0.0891. The van der Waals surface area contributed by atoms with Crippen LogP contribution < -0.4 is 0 Å². The molecular weight excluding hydrogens is 344 g/mol. The molecule has 0 aliphatic heterocycles. The predicted octanol–water partition coefficient (Wildman–Crippen LogP) is 5.27. The van der Waals surface area contributed by atoms with Crippen molar-refractivity contribution in [3.05, 3.63) is 23.8 Å². The summed E-state index contributed by atoms with van der Waals surface area (Å²) < 4.78 is 5.81. The summed E-state index contributed by atoms with van der Waals surface area (Å²) in [6.07, 6.45) is 20.6. The largest absolute Gasteiger partial charge is 0.442 e. The van der Waals surface area contributed by atoms with E-state index >= 15 is 0 Å². The van der Waals surface area contributed by atoms with E-state index in [9.17, 15) is 4.79 Å². The maximum absolute atomic E-state index is 11.9. The summed E-state index contributed by atoms with van der Waals surface area (Å²) in [5.41, 5.74) is 0.438. The molecule has 0 aromatic carbocycles. The van der Waals surface area contributed by atoms with Gasteiger partial charge in [-0.1, -0.05) is 30.6 Å². The van der Waals surface area contributed by atoms with Crippen molar-refractivity contribution >= 4 is 17.6 Å². The molecule has 2 fully saturated rings. The lowest BCUT2D eigenvalue weighted by Crippen LogP contribution is -2.58. The molecule has 3 heteroatoms. The monoisotopic (exact) mass is 372 g/mol. The average Bonchev–Trinajstić information content (AvgIpc) is 2.95. The third kappa shape index (κ3) is 2.36. The summed E-state index contributed by atoms with van der Waals surface area (Å²) in [4.78, 5) is 11.9. The van der Waals surface area contributed by atoms with Crippen LogP contribution in [0.4, 0.5) is 0 Å². The molecule has 2 nitrogen and oxygen atoms in total. The Morgan fingerprint density at radius 2 is 2.27 bits per heavy atom. The van der Waals surface area contributed by atoms with Crippen LogP contribution >= 0.6 is 11.6 Å². The Labute approximate surface area is 162 Å². The van der Waals surface area contributed by atoms with E-state index in [0.29, 0.717) is 23.7 Å². The highest BCUT2D eigenvalue weighted by Crippen LogP contribution is 2.65. The molecule has 0 spiro atoms. The molecule has 0 radical (unpaired) electrons. The smallest absolute Gasteiger partial charge is 0.304 e. The zero-order chi connectivity index (χ0) is 18.5. The summed E-state index contributed by atoms with van der Waals surface area (Å²) in [7, 11) is 0. The van der Waals surface area contributed by atoms with Crippen LogP contribution in [0.3, 0.4) is 0 Å². The normalized spacial score (nSPS) is 46.4. The number of rotatable bonds is 2. The summed E-state index contributed by atoms with van der Waals surface area (Å²) >= 11 is 7.10. The number of esters is 1. The van der Waals surface area contributed by atoms with E-state index in [1.54, 1.807) is 5.57 Å². The Balaban J connectivity index is 1.74. The highest BCUT2D eigenvalue weighted by atomic mass is 35.5. The van der Waals surface area contributed by atoms with Gasteiger partial charge < -0.3 is 4.74 Å². The number of ether oxygens (including phenoxy) is 1. The second kappa shape index (κ2) is 6.45. The summed E-state index contributed by atoms with van der Waals surface area (Å²) in [5.74, 6) is 4.62. The van der Waals surface area contributed by atoms with Crippen molar-refractivity contribution in [2.24, 2.45) is 29.1 Å². The number of carbonyl (C=O) groups is 1. The van der Waals surface area contributed by atoms with Gasteiger partial charge in [0.2, 0.25) is 0 Å². The van der Waals surface area contributed by atoms with Crippen molar-refractivity contribution in [2.45, 2.75) is 69.8 Å². The first-order chi connectivity index (χ1) is 12.5. The number of halogens is 1. The summed E-state index contributed by atoms with van der Waals surface area (Å²) in [6.45, 7) is 3.63. The van der Waals surface area contributed by atoms with Gasteiger partial charge in [-0.2, -0.15) is 0 Å². The molecule has 4 rings (SSSR count). The van der Waals surface area contributed by atoms with E-state index in [1.807, 2.05) is 6.08 Å². The zero-order valence-corrected chi connectivity index (χ0v) is 16.6. The second-order valence-corrected chi connectivity index (χ2v) is 9.25. The fourth-order valence-electron chi connectivity index (χ4n) is 6.84. The Morgan fingerprint density at radius 1 is 1.46 bits per heavy atom. The molecule has 0 heterocycles.